The second-order valence-corrected chi connectivity index (χ2v) is 0. The Hall–Kier alpha value is 3.75. The maximum absolute atomic E-state index is 0. The van der Waals surface area contributed by atoms with Gasteiger partial charge in [0.1, 0.15) is 0 Å². The second kappa shape index (κ2) is 15.9. The molecule has 0 aliphatic heterocycles. The van der Waals surface area contributed by atoms with Crippen LogP contribution in [0.25, 0.3) is 0 Å². The van der Waals surface area contributed by atoms with E-state index in [-0.39, 0.29) is 115 Å². The third-order valence-corrected chi connectivity index (χ3v) is 0. The first-order chi connectivity index (χ1) is 0. The first kappa shape index (κ1) is 25.1. The van der Waals surface area contributed by atoms with Gasteiger partial charge in [0, 0.05) is 115 Å². The average molecular weight is 522 g/mol. The van der Waals surface area contributed by atoms with E-state index in [0.717, 1.165) is 0 Å². The Morgan fingerprint density at radius 3 is 1.00 bits per heavy atom. The normalized spacial score (nSPS) is 0. The van der Waals surface area contributed by atoms with Gasteiger partial charge in [-0.25, -0.2) is 0 Å². The van der Waals surface area contributed by atoms with E-state index in [4.69, 9.17) is 0 Å². The molecule has 0 aromatic carbocycles. The zero-order valence-electron chi connectivity index (χ0n) is 1.80. The standard InChI is InChI=1S/Ce.La.Ni.W. The molecular weight excluding hydrogens is 522 g/mol. The van der Waals surface area contributed by atoms with Crippen molar-refractivity contribution in [2.75, 3.05) is 0 Å². The van der Waals surface area contributed by atoms with Crippen LogP contribution in [-0.2, 0) is 37.6 Å². The molecule has 0 fully saturated rings. The first-order valence-electron chi connectivity index (χ1n) is 0. The molecule has 23 valence electrons. The summed E-state index contributed by atoms with van der Waals surface area (Å²) in [5, 5.41) is 0. The van der Waals surface area contributed by atoms with Crippen molar-refractivity contribution in [1.29, 1.82) is 0 Å². The summed E-state index contributed by atoms with van der Waals surface area (Å²) in [6, 6.07) is 0. The maximum Gasteiger partial charge on any atom is 0 e. The minimum atomic E-state index is 0. The van der Waals surface area contributed by atoms with E-state index in [0.29, 0.717) is 0 Å². The van der Waals surface area contributed by atoms with Crippen molar-refractivity contribution in [3.8, 4) is 0 Å². The fourth-order valence-electron chi connectivity index (χ4n) is 0. The molecule has 0 unspecified atom stereocenters. The predicted molar refractivity (Wildman–Crippen MR) is 0 cm³/mol. The number of rotatable bonds is 0. The summed E-state index contributed by atoms with van der Waals surface area (Å²) in [5.74, 6) is 0. The van der Waals surface area contributed by atoms with Crippen molar-refractivity contribution in [3.05, 3.63) is 0 Å². The Kier molecular flexibility index (Phi) is 99.6. The molecule has 1 radical (unpaired) electrons. The van der Waals surface area contributed by atoms with Crippen LogP contribution in [0.4, 0.5) is 0 Å². The monoisotopic (exact) mass is 521 g/mol. The summed E-state index contributed by atoms with van der Waals surface area (Å²) in [5.41, 5.74) is 0. The molecule has 0 saturated heterocycles. The number of hydrogen-bond donors (Lipinski definition) is 0. The van der Waals surface area contributed by atoms with Crippen LogP contribution < -0.4 is 0 Å². The zero-order chi connectivity index (χ0) is 0. The van der Waals surface area contributed by atoms with Crippen LogP contribution in [0.1, 0.15) is 0 Å². The molecule has 0 atom stereocenters. The van der Waals surface area contributed by atoms with Crippen molar-refractivity contribution in [2.45, 2.75) is 0 Å². The van der Waals surface area contributed by atoms with Crippen molar-refractivity contribution < 1.29 is 115 Å². The summed E-state index contributed by atoms with van der Waals surface area (Å²) in [6.07, 6.45) is 0. The van der Waals surface area contributed by atoms with E-state index in [9.17, 15) is 0 Å². The van der Waals surface area contributed by atoms with Crippen LogP contribution in [0.3, 0.4) is 0 Å². The summed E-state index contributed by atoms with van der Waals surface area (Å²) in [4.78, 5) is 0. The van der Waals surface area contributed by atoms with Crippen LogP contribution in [-0.4, -0.2) is 0 Å². The Bertz CT molecular complexity index is 8.00. The fraction of sp³-hybridized carbons (Fsp3) is 0. The molecule has 4 heavy (non-hydrogen) atoms. The van der Waals surface area contributed by atoms with Gasteiger partial charge in [0.05, 0.1) is 0 Å². The largest absolute Gasteiger partial charge is 0 e. The van der Waals surface area contributed by atoms with Gasteiger partial charge in [0.15, 0.2) is 0 Å². The topological polar surface area (TPSA) is 0 Å². The maximum atomic E-state index is 0. The van der Waals surface area contributed by atoms with E-state index in [1.807, 2.05) is 0 Å². The van der Waals surface area contributed by atoms with Crippen LogP contribution >= 0.6 is 0 Å². The van der Waals surface area contributed by atoms with Crippen LogP contribution in [0, 0.1) is 77.3 Å². The Balaban J connectivity index is 0. The molecule has 0 aliphatic rings. The minimum Gasteiger partial charge on any atom is 0 e. The Morgan fingerprint density at radius 2 is 1.00 bits per heavy atom. The SMILES string of the molecule is [Ce].[La].[Ni].[W]. The molecule has 0 N–H and O–H groups in total. The van der Waals surface area contributed by atoms with Gasteiger partial charge in [-0.1, -0.05) is 0 Å². The average Bonchev–Trinajstić information content (AvgIpc) is 0. The third-order valence-electron chi connectivity index (χ3n) is 0. The van der Waals surface area contributed by atoms with E-state index in [1.165, 1.54) is 0 Å². The quantitative estimate of drug-likeness (QED) is 0.394. The van der Waals surface area contributed by atoms with Gasteiger partial charge in [-0.05, 0) is 0 Å². The molecule has 0 aromatic rings. The van der Waals surface area contributed by atoms with Gasteiger partial charge in [-0.3, -0.25) is 0 Å². The van der Waals surface area contributed by atoms with Crippen LogP contribution in [0.15, 0.2) is 0 Å². The van der Waals surface area contributed by atoms with Gasteiger partial charge in [-0.2, -0.15) is 0 Å². The summed E-state index contributed by atoms with van der Waals surface area (Å²) in [6.45, 7) is 0. The van der Waals surface area contributed by atoms with Crippen LogP contribution in [0.2, 0.25) is 0 Å². The Morgan fingerprint density at radius 1 is 1.00 bits per heavy atom. The van der Waals surface area contributed by atoms with Gasteiger partial charge >= 0.3 is 0 Å². The van der Waals surface area contributed by atoms with E-state index in [2.05, 4.69) is 0 Å². The molecule has 0 nitrogen and oxygen atoms in total. The second-order valence-electron chi connectivity index (χ2n) is 0. The molecule has 0 amide bonds. The predicted octanol–water partition coefficient (Wildman–Crippen LogP) is -0.00500. The van der Waals surface area contributed by atoms with Gasteiger partial charge in [0.25, 0.3) is 0 Å². The minimum absolute atomic E-state index is 0. The van der Waals surface area contributed by atoms with E-state index >= 15 is 0 Å². The van der Waals surface area contributed by atoms with E-state index < -0.39 is 0 Å². The molecule has 4 heteroatoms. The summed E-state index contributed by atoms with van der Waals surface area (Å²) in [7, 11) is 0. The molecule has 0 heterocycles. The van der Waals surface area contributed by atoms with Crippen molar-refractivity contribution in [3.63, 3.8) is 0 Å². The summed E-state index contributed by atoms with van der Waals surface area (Å²) >= 11 is 0. The molecule has 0 aliphatic carbocycles. The van der Waals surface area contributed by atoms with Crippen molar-refractivity contribution in [2.24, 2.45) is 0 Å². The smallest absolute Gasteiger partial charge is 0 e. The third kappa shape index (κ3) is 9.23. The van der Waals surface area contributed by atoms with Gasteiger partial charge in [-0.15, -0.1) is 0 Å². The molecular formula is CeLaNiW. The molecule has 0 aromatic heterocycles. The molecule has 0 bridgehead atoms. The number of hydrogen-bond acceptors (Lipinski definition) is 0. The zero-order valence-corrected chi connectivity index (χ0v) is 12.5. The van der Waals surface area contributed by atoms with Crippen molar-refractivity contribution in [1.82, 2.24) is 0 Å². The molecule has 0 spiro atoms. The van der Waals surface area contributed by atoms with Gasteiger partial charge < -0.3 is 0 Å². The van der Waals surface area contributed by atoms with Gasteiger partial charge in [0.2, 0.25) is 0 Å². The first-order valence-corrected chi connectivity index (χ1v) is 0. The van der Waals surface area contributed by atoms with Crippen molar-refractivity contribution >= 4 is 0 Å². The van der Waals surface area contributed by atoms with E-state index in [1.54, 1.807) is 0 Å². The fourth-order valence-corrected chi connectivity index (χ4v) is 0. The molecule has 0 rings (SSSR count). The Labute approximate surface area is 112 Å². The summed E-state index contributed by atoms with van der Waals surface area (Å²) < 4.78 is 0. The molecule has 0 saturated carbocycles. The van der Waals surface area contributed by atoms with Crippen LogP contribution in [0.5, 0.6) is 0 Å².